The summed E-state index contributed by atoms with van der Waals surface area (Å²) in [6.07, 6.45) is 3.48. The number of hydrogen-bond donors (Lipinski definition) is 2. The standard InChI is InChI=1S/C21H30ClN3O2/c1-13(2)9-18(26)25-7-5-15(6-8-25)21(3,4)20(27)17-11-16(22)10-14-12-23-24-19(14)17/h10-13,15,20,27H,5-9H2,1-4H3,(H,23,24)/t20-/m1/s1. The molecule has 2 heterocycles. The number of hydrogen-bond acceptors (Lipinski definition) is 3. The number of halogens is 1. The Kier molecular flexibility index (Phi) is 5.82. The van der Waals surface area contributed by atoms with Crippen LogP contribution in [0.1, 0.15) is 58.6 Å². The van der Waals surface area contributed by atoms with Crippen LogP contribution in [-0.4, -0.2) is 39.2 Å². The fourth-order valence-corrected chi connectivity index (χ4v) is 4.47. The summed E-state index contributed by atoms with van der Waals surface area (Å²) in [5.74, 6) is 0.955. The third-order valence-corrected chi connectivity index (χ3v) is 6.24. The van der Waals surface area contributed by atoms with Gasteiger partial charge in [-0.05, 0) is 42.2 Å². The highest BCUT2D eigenvalue weighted by molar-refractivity contribution is 6.31. The number of aromatic amines is 1. The number of carbonyl (C=O) groups excluding carboxylic acids is 1. The monoisotopic (exact) mass is 391 g/mol. The highest BCUT2D eigenvalue weighted by atomic mass is 35.5. The van der Waals surface area contributed by atoms with E-state index < -0.39 is 6.10 Å². The molecule has 0 spiro atoms. The fourth-order valence-electron chi connectivity index (χ4n) is 4.24. The van der Waals surface area contributed by atoms with Crippen LogP contribution in [0.25, 0.3) is 10.9 Å². The van der Waals surface area contributed by atoms with Crippen molar-refractivity contribution in [2.75, 3.05) is 13.1 Å². The lowest BCUT2D eigenvalue weighted by Crippen LogP contribution is -2.43. The number of amides is 1. The first-order chi connectivity index (χ1) is 12.7. The molecule has 2 aromatic rings. The Balaban J connectivity index is 1.74. The molecule has 27 heavy (non-hydrogen) atoms. The van der Waals surface area contributed by atoms with Crippen molar-refractivity contribution in [3.8, 4) is 0 Å². The van der Waals surface area contributed by atoms with Gasteiger partial charge in [0.05, 0.1) is 17.8 Å². The molecule has 6 heteroatoms. The van der Waals surface area contributed by atoms with Crippen molar-refractivity contribution in [1.29, 1.82) is 0 Å². The Morgan fingerprint density at radius 1 is 1.37 bits per heavy atom. The average molecular weight is 392 g/mol. The van der Waals surface area contributed by atoms with Crippen LogP contribution in [0.3, 0.4) is 0 Å². The smallest absolute Gasteiger partial charge is 0.222 e. The Bertz CT molecular complexity index is 807. The first kappa shape index (κ1) is 20.2. The lowest BCUT2D eigenvalue weighted by atomic mass is 9.68. The number of aliphatic hydroxyl groups excluding tert-OH is 1. The summed E-state index contributed by atoms with van der Waals surface area (Å²) >= 11 is 6.26. The minimum atomic E-state index is -0.665. The van der Waals surface area contributed by atoms with Gasteiger partial charge < -0.3 is 10.0 Å². The maximum atomic E-state index is 12.3. The maximum Gasteiger partial charge on any atom is 0.222 e. The van der Waals surface area contributed by atoms with Gasteiger partial charge in [-0.1, -0.05) is 39.3 Å². The largest absolute Gasteiger partial charge is 0.388 e. The highest BCUT2D eigenvalue weighted by Crippen LogP contribution is 2.46. The second kappa shape index (κ2) is 7.80. The van der Waals surface area contributed by atoms with Crippen molar-refractivity contribution in [3.05, 3.63) is 28.9 Å². The van der Waals surface area contributed by atoms with Crippen molar-refractivity contribution >= 4 is 28.4 Å². The number of H-pyrrole nitrogens is 1. The Morgan fingerprint density at radius 2 is 2.04 bits per heavy atom. The summed E-state index contributed by atoms with van der Waals surface area (Å²) < 4.78 is 0. The molecule has 1 atom stereocenters. The van der Waals surface area contributed by atoms with E-state index in [1.807, 2.05) is 17.0 Å². The van der Waals surface area contributed by atoms with Gasteiger partial charge in [0.2, 0.25) is 5.91 Å². The van der Waals surface area contributed by atoms with Crippen molar-refractivity contribution in [3.63, 3.8) is 0 Å². The average Bonchev–Trinajstić information content (AvgIpc) is 3.08. The van der Waals surface area contributed by atoms with Crippen LogP contribution in [0.4, 0.5) is 0 Å². The van der Waals surface area contributed by atoms with Gasteiger partial charge in [0.15, 0.2) is 0 Å². The highest BCUT2D eigenvalue weighted by Gasteiger charge is 2.40. The zero-order valence-corrected chi connectivity index (χ0v) is 17.4. The predicted octanol–water partition coefficient (Wildman–Crippen LogP) is 4.56. The molecule has 0 saturated carbocycles. The molecule has 1 fully saturated rings. The Morgan fingerprint density at radius 3 is 2.67 bits per heavy atom. The van der Waals surface area contributed by atoms with E-state index in [9.17, 15) is 9.90 Å². The number of carbonyl (C=O) groups is 1. The van der Waals surface area contributed by atoms with E-state index in [4.69, 9.17) is 11.6 Å². The molecule has 2 N–H and O–H groups in total. The number of aromatic nitrogens is 2. The Labute approximate surface area is 166 Å². The number of aliphatic hydroxyl groups is 1. The predicted molar refractivity (Wildman–Crippen MR) is 109 cm³/mol. The van der Waals surface area contributed by atoms with Gasteiger partial charge in [-0.3, -0.25) is 9.89 Å². The van der Waals surface area contributed by atoms with E-state index in [2.05, 4.69) is 37.9 Å². The van der Waals surface area contributed by atoms with Crippen LogP contribution in [0.2, 0.25) is 5.02 Å². The summed E-state index contributed by atoms with van der Waals surface area (Å²) in [6.45, 7) is 9.90. The van der Waals surface area contributed by atoms with E-state index in [-0.39, 0.29) is 11.3 Å². The third kappa shape index (κ3) is 4.14. The molecule has 3 rings (SSSR count). The Hall–Kier alpha value is -1.59. The van der Waals surface area contributed by atoms with Gasteiger partial charge >= 0.3 is 0 Å². The van der Waals surface area contributed by atoms with Crippen LogP contribution in [0.5, 0.6) is 0 Å². The van der Waals surface area contributed by atoms with Gasteiger partial charge in [0.25, 0.3) is 0 Å². The molecule has 0 bridgehead atoms. The SMILES string of the molecule is CC(C)CC(=O)N1CCC(C(C)(C)[C@H](O)c2cc(Cl)cc3cn[nH]c23)CC1. The van der Waals surface area contributed by atoms with E-state index >= 15 is 0 Å². The second-order valence-electron chi connectivity index (χ2n) is 8.81. The van der Waals surface area contributed by atoms with E-state index in [0.29, 0.717) is 23.3 Å². The number of nitrogens with zero attached hydrogens (tertiary/aromatic N) is 2. The third-order valence-electron chi connectivity index (χ3n) is 6.03. The summed E-state index contributed by atoms with van der Waals surface area (Å²) in [5, 5.41) is 19.8. The molecule has 1 aromatic heterocycles. The summed E-state index contributed by atoms with van der Waals surface area (Å²) in [7, 11) is 0. The number of likely N-dealkylation sites (tertiary alicyclic amines) is 1. The minimum absolute atomic E-state index is 0.246. The van der Waals surface area contributed by atoms with Crippen LogP contribution < -0.4 is 0 Å². The van der Waals surface area contributed by atoms with Crippen molar-refractivity contribution in [2.45, 2.75) is 53.1 Å². The molecule has 1 aliphatic heterocycles. The van der Waals surface area contributed by atoms with Crippen molar-refractivity contribution < 1.29 is 9.90 Å². The quantitative estimate of drug-likeness (QED) is 0.784. The van der Waals surface area contributed by atoms with Crippen LogP contribution >= 0.6 is 11.6 Å². The molecule has 5 nitrogen and oxygen atoms in total. The van der Waals surface area contributed by atoms with Gasteiger partial charge in [-0.25, -0.2) is 0 Å². The minimum Gasteiger partial charge on any atom is -0.388 e. The molecule has 1 aromatic carbocycles. The van der Waals surface area contributed by atoms with Gasteiger partial charge in [-0.2, -0.15) is 5.10 Å². The maximum absolute atomic E-state index is 12.3. The van der Waals surface area contributed by atoms with Gasteiger partial charge in [-0.15, -0.1) is 0 Å². The van der Waals surface area contributed by atoms with Crippen LogP contribution in [0.15, 0.2) is 18.3 Å². The summed E-state index contributed by atoms with van der Waals surface area (Å²) in [4.78, 5) is 14.3. The van der Waals surface area contributed by atoms with Crippen LogP contribution in [-0.2, 0) is 4.79 Å². The zero-order chi connectivity index (χ0) is 19.8. The van der Waals surface area contributed by atoms with Gasteiger partial charge in [0.1, 0.15) is 0 Å². The number of piperidine rings is 1. The number of nitrogens with one attached hydrogen (secondary N) is 1. The van der Waals surface area contributed by atoms with Crippen LogP contribution in [0, 0.1) is 17.3 Å². The molecule has 1 amide bonds. The number of rotatable bonds is 5. The lowest BCUT2D eigenvalue weighted by Gasteiger charge is -2.43. The fraction of sp³-hybridized carbons (Fsp3) is 0.619. The normalized spacial score (nSPS) is 17.7. The lowest BCUT2D eigenvalue weighted by molar-refractivity contribution is -0.134. The first-order valence-corrected chi connectivity index (χ1v) is 10.2. The second-order valence-corrected chi connectivity index (χ2v) is 9.24. The molecule has 0 unspecified atom stereocenters. The molecule has 0 radical (unpaired) electrons. The van der Waals surface area contributed by atoms with E-state index in [1.54, 1.807) is 6.20 Å². The van der Waals surface area contributed by atoms with Crippen molar-refractivity contribution in [2.24, 2.45) is 17.3 Å². The first-order valence-electron chi connectivity index (χ1n) is 9.78. The molecular weight excluding hydrogens is 362 g/mol. The summed E-state index contributed by atoms with van der Waals surface area (Å²) in [5.41, 5.74) is 1.29. The number of benzene rings is 1. The molecule has 0 aliphatic carbocycles. The van der Waals surface area contributed by atoms with E-state index in [1.165, 1.54) is 0 Å². The topological polar surface area (TPSA) is 69.2 Å². The number of fused-ring (bicyclic) bond motifs is 1. The van der Waals surface area contributed by atoms with E-state index in [0.717, 1.165) is 42.4 Å². The molecule has 1 aliphatic rings. The molecule has 1 saturated heterocycles. The van der Waals surface area contributed by atoms with Gasteiger partial charge in [0, 0.05) is 35.5 Å². The molecule has 148 valence electrons. The molecular formula is C21H30ClN3O2. The zero-order valence-electron chi connectivity index (χ0n) is 16.6. The van der Waals surface area contributed by atoms with Crippen molar-refractivity contribution in [1.82, 2.24) is 15.1 Å². The summed E-state index contributed by atoms with van der Waals surface area (Å²) in [6, 6.07) is 3.68.